The van der Waals surface area contributed by atoms with Crippen molar-refractivity contribution in [2.45, 2.75) is 44.4 Å². The number of methoxy groups -OCH3 is 1. The number of aliphatic hydroxyl groups is 1. The zero-order valence-corrected chi connectivity index (χ0v) is 21.3. The van der Waals surface area contributed by atoms with Gasteiger partial charge >= 0.3 is 12.1 Å². The first-order valence-electron chi connectivity index (χ1n) is 12.9. The lowest BCUT2D eigenvalue weighted by Gasteiger charge is -2.37. The number of alkyl halides is 3. The Morgan fingerprint density at radius 2 is 2.00 bits per heavy atom. The molecule has 0 saturated carbocycles. The molecule has 1 fully saturated rings. The highest BCUT2D eigenvalue weighted by Gasteiger charge is 2.35. The first-order valence-corrected chi connectivity index (χ1v) is 12.9. The Bertz CT molecular complexity index is 1250. The number of pyridine rings is 1. The second-order valence-corrected chi connectivity index (χ2v) is 9.93. The largest absolute Gasteiger partial charge is 0.497 e. The van der Waals surface area contributed by atoms with E-state index in [1.165, 1.54) is 12.1 Å². The summed E-state index contributed by atoms with van der Waals surface area (Å²) in [7, 11) is 1.58. The van der Waals surface area contributed by atoms with Gasteiger partial charge in [0.25, 0.3) is 0 Å². The fourth-order valence-electron chi connectivity index (χ4n) is 5.50. The molecule has 6 nitrogen and oxygen atoms in total. The number of carbonyl (C=O) groups is 1. The minimum Gasteiger partial charge on any atom is -0.497 e. The van der Waals surface area contributed by atoms with E-state index in [1.54, 1.807) is 25.4 Å². The van der Waals surface area contributed by atoms with Gasteiger partial charge in [0.1, 0.15) is 5.75 Å². The summed E-state index contributed by atoms with van der Waals surface area (Å²) in [6, 6.07) is 12.9. The Morgan fingerprint density at radius 1 is 1.21 bits per heavy atom. The summed E-state index contributed by atoms with van der Waals surface area (Å²) in [5, 5.41) is 21.7. The van der Waals surface area contributed by atoms with Crippen molar-refractivity contribution in [1.82, 2.24) is 9.88 Å². The third-order valence-electron chi connectivity index (χ3n) is 7.55. The van der Waals surface area contributed by atoms with Crippen molar-refractivity contribution in [3.05, 3.63) is 71.4 Å². The van der Waals surface area contributed by atoms with Gasteiger partial charge in [0.05, 0.1) is 30.2 Å². The van der Waals surface area contributed by atoms with Gasteiger partial charge in [-0.05, 0) is 92.6 Å². The molecule has 3 atom stereocenters. The van der Waals surface area contributed by atoms with Crippen molar-refractivity contribution >= 4 is 16.9 Å². The normalized spacial score (nSPS) is 19.4. The van der Waals surface area contributed by atoms with Crippen LogP contribution >= 0.6 is 0 Å². The smallest absolute Gasteiger partial charge is 0.416 e. The minimum absolute atomic E-state index is 0.0907. The van der Waals surface area contributed by atoms with E-state index in [0.717, 1.165) is 22.5 Å². The van der Waals surface area contributed by atoms with Crippen LogP contribution in [0.4, 0.5) is 13.2 Å². The molecule has 0 amide bonds. The Balaban J connectivity index is 1.34. The molecule has 0 aliphatic carbocycles. The average Bonchev–Trinajstić information content (AvgIpc) is 2.91. The summed E-state index contributed by atoms with van der Waals surface area (Å²) in [5.41, 5.74) is 1.13. The van der Waals surface area contributed by atoms with Gasteiger partial charge in [-0.25, -0.2) is 0 Å². The molecule has 38 heavy (non-hydrogen) atoms. The fourth-order valence-corrected chi connectivity index (χ4v) is 5.50. The number of halogens is 3. The molecule has 0 unspecified atom stereocenters. The quantitative estimate of drug-likeness (QED) is 0.348. The van der Waals surface area contributed by atoms with Crippen LogP contribution in [0.5, 0.6) is 5.75 Å². The van der Waals surface area contributed by atoms with Gasteiger partial charge in [0.15, 0.2) is 0 Å². The third kappa shape index (κ3) is 6.63. The number of aryl methyl sites for hydroxylation is 1. The molecule has 0 spiro atoms. The molecule has 0 radical (unpaired) electrons. The molecule has 9 heteroatoms. The number of carboxylic acids is 1. The van der Waals surface area contributed by atoms with Crippen molar-refractivity contribution in [3.8, 4) is 5.75 Å². The first-order chi connectivity index (χ1) is 18.2. The predicted octanol–water partition coefficient (Wildman–Crippen LogP) is 5.73. The number of benzene rings is 2. The van der Waals surface area contributed by atoms with Crippen molar-refractivity contribution in [1.29, 1.82) is 0 Å². The SMILES string of the molecule is COc1ccc2nccc([C@H](O)CC[C@@H]3CCN(CCCc4ccccc4C(F)(F)F)C[C@@H]3C(=O)O)c2c1. The molecule has 2 heterocycles. The summed E-state index contributed by atoms with van der Waals surface area (Å²) in [6.45, 7) is 1.57. The third-order valence-corrected chi connectivity index (χ3v) is 7.55. The van der Waals surface area contributed by atoms with Crippen LogP contribution in [-0.2, 0) is 17.4 Å². The van der Waals surface area contributed by atoms with Crippen LogP contribution in [0.2, 0.25) is 0 Å². The number of hydrogen-bond donors (Lipinski definition) is 2. The summed E-state index contributed by atoms with van der Waals surface area (Å²) in [4.78, 5) is 18.5. The van der Waals surface area contributed by atoms with Crippen LogP contribution in [0.1, 0.15) is 48.5 Å². The number of carboxylic acid groups (broad SMARTS) is 1. The van der Waals surface area contributed by atoms with Crippen LogP contribution in [0.3, 0.4) is 0 Å². The van der Waals surface area contributed by atoms with Crippen molar-refractivity contribution < 1.29 is 32.9 Å². The second-order valence-electron chi connectivity index (χ2n) is 9.93. The van der Waals surface area contributed by atoms with E-state index in [-0.39, 0.29) is 17.9 Å². The molecule has 3 aromatic rings. The van der Waals surface area contributed by atoms with E-state index in [4.69, 9.17) is 4.74 Å². The molecule has 1 aromatic heterocycles. The van der Waals surface area contributed by atoms with Crippen LogP contribution in [-0.4, -0.2) is 52.8 Å². The van der Waals surface area contributed by atoms with E-state index in [2.05, 4.69) is 4.98 Å². The average molecular weight is 531 g/mol. The lowest BCUT2D eigenvalue weighted by Crippen LogP contribution is -2.44. The van der Waals surface area contributed by atoms with Crippen LogP contribution < -0.4 is 4.74 Å². The molecule has 204 valence electrons. The van der Waals surface area contributed by atoms with Gasteiger partial charge in [-0.1, -0.05) is 18.2 Å². The summed E-state index contributed by atoms with van der Waals surface area (Å²) in [5.74, 6) is -0.894. The maximum Gasteiger partial charge on any atom is 0.416 e. The highest BCUT2D eigenvalue weighted by Crippen LogP contribution is 2.35. The first kappa shape index (κ1) is 27.9. The van der Waals surface area contributed by atoms with Gasteiger partial charge < -0.3 is 19.8 Å². The highest BCUT2D eigenvalue weighted by molar-refractivity contribution is 5.83. The maximum absolute atomic E-state index is 13.3. The predicted molar refractivity (Wildman–Crippen MR) is 138 cm³/mol. The molecule has 2 aromatic carbocycles. The molecular formula is C29H33F3N2O4. The number of fused-ring (bicyclic) bond motifs is 1. The van der Waals surface area contributed by atoms with Gasteiger partial charge in [-0.15, -0.1) is 0 Å². The second kappa shape index (κ2) is 12.1. The van der Waals surface area contributed by atoms with Crippen molar-refractivity contribution in [2.24, 2.45) is 11.8 Å². The molecule has 1 aliphatic rings. The minimum atomic E-state index is -4.39. The number of likely N-dealkylation sites (tertiary alicyclic amines) is 1. The van der Waals surface area contributed by atoms with Gasteiger partial charge in [0, 0.05) is 18.1 Å². The van der Waals surface area contributed by atoms with E-state index in [1.807, 2.05) is 23.1 Å². The van der Waals surface area contributed by atoms with Gasteiger partial charge in [-0.3, -0.25) is 9.78 Å². The Kier molecular flexibility index (Phi) is 8.89. The van der Waals surface area contributed by atoms with Crippen LogP contribution in [0.15, 0.2) is 54.7 Å². The number of nitrogens with zero attached hydrogens (tertiary/aromatic N) is 2. The van der Waals surface area contributed by atoms with Crippen molar-refractivity contribution in [2.75, 3.05) is 26.7 Å². The van der Waals surface area contributed by atoms with Crippen molar-refractivity contribution in [3.63, 3.8) is 0 Å². The number of aliphatic carboxylic acids is 1. The topological polar surface area (TPSA) is 82.9 Å². The maximum atomic E-state index is 13.3. The van der Waals surface area contributed by atoms with Crippen LogP contribution in [0.25, 0.3) is 10.9 Å². The molecule has 2 N–H and O–H groups in total. The molecule has 1 saturated heterocycles. The lowest BCUT2D eigenvalue weighted by molar-refractivity contribution is -0.146. The number of piperidine rings is 1. The number of aliphatic hydroxyl groups excluding tert-OH is 1. The highest BCUT2D eigenvalue weighted by atomic mass is 19.4. The zero-order valence-electron chi connectivity index (χ0n) is 21.3. The Labute approximate surface area is 220 Å². The van der Waals surface area contributed by atoms with E-state index in [9.17, 15) is 28.2 Å². The standard InChI is InChI=1S/C29H33F3N2O4/c1-38-21-9-10-26-23(17-21)22(12-14-33-26)27(35)11-8-19-13-16-34(18-24(19)28(36)37)15-4-6-20-5-2-3-7-25(20)29(30,31)32/h2-3,5,7,9-10,12,14,17,19,24,27,35H,4,6,8,11,13,15-16,18H2,1H3,(H,36,37)/t19-,24+,27-/m1/s1. The van der Waals surface area contributed by atoms with Crippen LogP contribution in [0, 0.1) is 11.8 Å². The van der Waals surface area contributed by atoms with Gasteiger partial charge in [-0.2, -0.15) is 13.2 Å². The zero-order chi connectivity index (χ0) is 27.3. The number of aromatic nitrogens is 1. The molecule has 4 rings (SSSR count). The summed E-state index contributed by atoms with van der Waals surface area (Å²) < 4.78 is 45.1. The molecule has 1 aliphatic heterocycles. The summed E-state index contributed by atoms with van der Waals surface area (Å²) in [6.07, 6.45) is -1.08. The number of ether oxygens (including phenoxy) is 1. The molecule has 0 bridgehead atoms. The molecular weight excluding hydrogens is 497 g/mol. The van der Waals surface area contributed by atoms with Gasteiger partial charge in [0.2, 0.25) is 0 Å². The monoisotopic (exact) mass is 530 g/mol. The number of hydrogen-bond acceptors (Lipinski definition) is 5. The number of rotatable bonds is 10. The summed E-state index contributed by atoms with van der Waals surface area (Å²) >= 11 is 0. The van der Waals surface area contributed by atoms with E-state index >= 15 is 0 Å². The Morgan fingerprint density at radius 3 is 2.74 bits per heavy atom. The fraction of sp³-hybridized carbons (Fsp3) is 0.448. The lowest BCUT2D eigenvalue weighted by atomic mass is 9.81. The Hall–Kier alpha value is -3.17. The van der Waals surface area contributed by atoms with E-state index in [0.29, 0.717) is 51.1 Å². The van der Waals surface area contributed by atoms with E-state index < -0.39 is 29.7 Å².